The highest BCUT2D eigenvalue weighted by Crippen LogP contribution is 2.26. The first-order valence-electron chi connectivity index (χ1n) is 9.43. The highest BCUT2D eigenvalue weighted by atomic mass is 16.5. The van der Waals surface area contributed by atoms with Gasteiger partial charge in [0.1, 0.15) is 18.5 Å². The summed E-state index contributed by atoms with van der Waals surface area (Å²) in [6, 6.07) is 7.05. The maximum Gasteiger partial charge on any atom is 0.119 e. The maximum atomic E-state index is 10.4. The van der Waals surface area contributed by atoms with E-state index in [-0.39, 0.29) is 0 Å². The molecule has 128 valence electrons. The fourth-order valence-corrected chi connectivity index (χ4v) is 4.14. The maximum absolute atomic E-state index is 10.4. The summed E-state index contributed by atoms with van der Waals surface area (Å²) in [7, 11) is 0. The number of nitrogens with zero attached hydrogens (tertiary/aromatic N) is 1. The van der Waals surface area contributed by atoms with E-state index in [0.717, 1.165) is 18.8 Å². The number of aryl methyl sites for hydroxylation is 2. The minimum absolute atomic E-state index is 0.391. The van der Waals surface area contributed by atoms with Crippen LogP contribution in [0, 0.1) is 0 Å². The monoisotopic (exact) mass is 317 g/mol. The van der Waals surface area contributed by atoms with Gasteiger partial charge in [-0.25, -0.2) is 0 Å². The van der Waals surface area contributed by atoms with Gasteiger partial charge in [-0.15, -0.1) is 0 Å². The lowest BCUT2D eigenvalue weighted by Gasteiger charge is -2.34. The molecule has 1 aromatic carbocycles. The Labute approximate surface area is 140 Å². The molecule has 1 N–H and O–H groups in total. The minimum Gasteiger partial charge on any atom is -0.491 e. The Morgan fingerprint density at radius 2 is 1.91 bits per heavy atom. The Kier molecular flexibility index (Phi) is 5.96. The van der Waals surface area contributed by atoms with Gasteiger partial charge >= 0.3 is 0 Å². The number of rotatable bonds is 7. The molecule has 3 heteroatoms. The van der Waals surface area contributed by atoms with Crippen LogP contribution in [0.2, 0.25) is 0 Å². The SMILES string of the molecule is CCN(C[C@@H](O)COc1ccc2c(c1)CCC2)C1CCCCC1. The molecule has 3 nitrogen and oxygen atoms in total. The number of hydrogen-bond acceptors (Lipinski definition) is 3. The van der Waals surface area contributed by atoms with Gasteiger partial charge in [-0.3, -0.25) is 4.90 Å². The van der Waals surface area contributed by atoms with Crippen molar-refractivity contribution in [3.05, 3.63) is 29.3 Å². The Balaban J connectivity index is 1.47. The molecule has 0 amide bonds. The summed E-state index contributed by atoms with van der Waals surface area (Å²) in [6.45, 7) is 4.33. The summed E-state index contributed by atoms with van der Waals surface area (Å²) < 4.78 is 5.85. The second-order valence-electron chi connectivity index (χ2n) is 7.13. The molecule has 1 aromatic rings. The van der Waals surface area contributed by atoms with Gasteiger partial charge in [0.25, 0.3) is 0 Å². The second kappa shape index (κ2) is 8.16. The first-order valence-corrected chi connectivity index (χ1v) is 9.43. The summed E-state index contributed by atoms with van der Waals surface area (Å²) in [5.74, 6) is 0.908. The molecule has 1 fully saturated rings. The first kappa shape index (κ1) is 16.8. The third kappa shape index (κ3) is 4.48. The molecule has 1 saturated carbocycles. The van der Waals surface area contributed by atoms with Crippen LogP contribution in [0.1, 0.15) is 56.6 Å². The van der Waals surface area contributed by atoms with Crippen molar-refractivity contribution in [2.45, 2.75) is 70.4 Å². The van der Waals surface area contributed by atoms with E-state index >= 15 is 0 Å². The molecule has 1 atom stereocenters. The van der Waals surface area contributed by atoms with Crippen molar-refractivity contribution in [2.24, 2.45) is 0 Å². The molecule has 3 rings (SSSR count). The van der Waals surface area contributed by atoms with E-state index in [1.165, 1.54) is 62.5 Å². The van der Waals surface area contributed by atoms with Crippen molar-refractivity contribution in [1.82, 2.24) is 4.90 Å². The Morgan fingerprint density at radius 3 is 2.70 bits per heavy atom. The van der Waals surface area contributed by atoms with Gasteiger partial charge in [0, 0.05) is 12.6 Å². The zero-order chi connectivity index (χ0) is 16.1. The lowest BCUT2D eigenvalue weighted by atomic mass is 9.94. The van der Waals surface area contributed by atoms with Crippen LogP contribution in [0.5, 0.6) is 5.75 Å². The highest BCUT2D eigenvalue weighted by molar-refractivity contribution is 5.38. The van der Waals surface area contributed by atoms with Gasteiger partial charge in [0.2, 0.25) is 0 Å². The Bertz CT molecular complexity index is 496. The fraction of sp³-hybridized carbons (Fsp3) is 0.700. The van der Waals surface area contributed by atoms with Crippen LogP contribution in [-0.2, 0) is 12.8 Å². The molecule has 0 radical (unpaired) electrons. The second-order valence-corrected chi connectivity index (χ2v) is 7.13. The number of likely N-dealkylation sites (N-methyl/N-ethyl adjacent to an activating group) is 1. The molecule has 0 aliphatic heterocycles. The summed E-state index contributed by atoms with van der Waals surface area (Å²) in [5, 5.41) is 10.4. The van der Waals surface area contributed by atoms with E-state index in [1.54, 1.807) is 0 Å². The highest BCUT2D eigenvalue weighted by Gasteiger charge is 2.22. The van der Waals surface area contributed by atoms with Crippen LogP contribution >= 0.6 is 0 Å². The molecule has 0 spiro atoms. The minimum atomic E-state index is -0.412. The van der Waals surface area contributed by atoms with Crippen molar-refractivity contribution >= 4 is 0 Å². The largest absolute Gasteiger partial charge is 0.491 e. The normalized spacial score (nSPS) is 19.8. The first-order chi connectivity index (χ1) is 11.3. The van der Waals surface area contributed by atoms with Gasteiger partial charge in [-0.1, -0.05) is 32.3 Å². The number of aliphatic hydroxyl groups is 1. The molecular weight excluding hydrogens is 286 g/mol. The number of fused-ring (bicyclic) bond motifs is 1. The van der Waals surface area contributed by atoms with Gasteiger partial charge in [-0.05, 0) is 61.9 Å². The fourth-order valence-electron chi connectivity index (χ4n) is 4.14. The van der Waals surface area contributed by atoms with E-state index in [1.807, 2.05) is 0 Å². The van der Waals surface area contributed by atoms with Crippen LogP contribution in [0.3, 0.4) is 0 Å². The molecule has 0 aromatic heterocycles. The third-order valence-electron chi connectivity index (χ3n) is 5.45. The molecule has 2 aliphatic rings. The van der Waals surface area contributed by atoms with E-state index in [2.05, 4.69) is 30.0 Å². The topological polar surface area (TPSA) is 32.7 Å². The zero-order valence-electron chi connectivity index (χ0n) is 14.5. The number of hydrogen-bond donors (Lipinski definition) is 1. The van der Waals surface area contributed by atoms with Crippen molar-refractivity contribution in [1.29, 1.82) is 0 Å². The van der Waals surface area contributed by atoms with E-state index in [9.17, 15) is 5.11 Å². The summed E-state index contributed by atoms with van der Waals surface area (Å²) >= 11 is 0. The molecule has 2 aliphatic carbocycles. The zero-order valence-corrected chi connectivity index (χ0v) is 14.5. The number of ether oxygens (including phenoxy) is 1. The molecule has 0 unspecified atom stereocenters. The van der Waals surface area contributed by atoms with Crippen LogP contribution in [0.4, 0.5) is 0 Å². The Morgan fingerprint density at radius 1 is 1.13 bits per heavy atom. The van der Waals surface area contributed by atoms with Crippen molar-refractivity contribution in [3.63, 3.8) is 0 Å². The standard InChI is InChI=1S/C20H31NO2/c1-2-21(18-9-4-3-5-10-18)14-19(22)15-23-20-12-11-16-7-6-8-17(16)13-20/h11-13,18-19,22H,2-10,14-15H2,1H3/t19-/m1/s1. The molecule has 0 heterocycles. The smallest absolute Gasteiger partial charge is 0.119 e. The van der Waals surface area contributed by atoms with E-state index in [4.69, 9.17) is 4.74 Å². The van der Waals surface area contributed by atoms with Gasteiger partial charge < -0.3 is 9.84 Å². The van der Waals surface area contributed by atoms with Gasteiger partial charge in [0.05, 0.1) is 0 Å². The number of aliphatic hydroxyl groups excluding tert-OH is 1. The number of benzene rings is 1. The summed E-state index contributed by atoms with van der Waals surface area (Å²) in [5.41, 5.74) is 2.89. The predicted molar refractivity (Wildman–Crippen MR) is 94.1 cm³/mol. The Hall–Kier alpha value is -1.06. The van der Waals surface area contributed by atoms with Crippen LogP contribution < -0.4 is 4.74 Å². The lowest BCUT2D eigenvalue weighted by molar-refractivity contribution is 0.0463. The van der Waals surface area contributed by atoms with Crippen LogP contribution in [0.25, 0.3) is 0 Å². The molecule has 0 bridgehead atoms. The van der Waals surface area contributed by atoms with Crippen LogP contribution in [-0.4, -0.2) is 41.8 Å². The predicted octanol–water partition coefficient (Wildman–Crippen LogP) is 3.57. The lowest BCUT2D eigenvalue weighted by Crippen LogP contribution is -2.43. The third-order valence-corrected chi connectivity index (χ3v) is 5.45. The summed E-state index contributed by atoms with van der Waals surface area (Å²) in [6.07, 6.45) is 9.83. The van der Waals surface area contributed by atoms with Crippen molar-refractivity contribution in [3.8, 4) is 5.75 Å². The average molecular weight is 317 g/mol. The average Bonchev–Trinajstić information content (AvgIpc) is 3.06. The quantitative estimate of drug-likeness (QED) is 0.834. The van der Waals surface area contributed by atoms with Crippen molar-refractivity contribution < 1.29 is 9.84 Å². The van der Waals surface area contributed by atoms with Gasteiger partial charge in [-0.2, -0.15) is 0 Å². The summed E-state index contributed by atoms with van der Waals surface area (Å²) in [4.78, 5) is 2.44. The van der Waals surface area contributed by atoms with E-state index in [0.29, 0.717) is 12.6 Å². The van der Waals surface area contributed by atoms with Crippen LogP contribution in [0.15, 0.2) is 18.2 Å². The van der Waals surface area contributed by atoms with E-state index < -0.39 is 6.10 Å². The molecular formula is C20H31NO2. The van der Waals surface area contributed by atoms with Gasteiger partial charge in [0.15, 0.2) is 0 Å². The molecule has 23 heavy (non-hydrogen) atoms. The van der Waals surface area contributed by atoms with Crippen molar-refractivity contribution in [2.75, 3.05) is 19.7 Å². The molecule has 0 saturated heterocycles.